The van der Waals surface area contributed by atoms with E-state index in [9.17, 15) is 4.79 Å². The summed E-state index contributed by atoms with van der Waals surface area (Å²) >= 11 is 0. The van der Waals surface area contributed by atoms with Crippen molar-refractivity contribution in [3.8, 4) is 0 Å². The van der Waals surface area contributed by atoms with Crippen LogP contribution in [0.15, 0.2) is 12.4 Å². The molecule has 0 bridgehead atoms. The van der Waals surface area contributed by atoms with Crippen molar-refractivity contribution >= 4 is 5.91 Å². The summed E-state index contributed by atoms with van der Waals surface area (Å²) in [5, 5.41) is 0. The molecule has 5 nitrogen and oxygen atoms in total. The van der Waals surface area contributed by atoms with Crippen LogP contribution in [0.25, 0.3) is 0 Å². The summed E-state index contributed by atoms with van der Waals surface area (Å²) in [7, 11) is 0. The van der Waals surface area contributed by atoms with E-state index < -0.39 is 0 Å². The van der Waals surface area contributed by atoms with Crippen molar-refractivity contribution in [2.75, 3.05) is 32.7 Å². The number of piperidine rings is 2. The second-order valence-corrected chi connectivity index (χ2v) is 7.31. The molecule has 0 aliphatic carbocycles. The van der Waals surface area contributed by atoms with Gasteiger partial charge >= 0.3 is 0 Å². The summed E-state index contributed by atoms with van der Waals surface area (Å²) in [5.74, 6) is 1.45. The average molecular weight is 318 g/mol. The summed E-state index contributed by atoms with van der Waals surface area (Å²) in [6, 6.07) is 0. The Kier molecular flexibility index (Phi) is 5.05. The van der Waals surface area contributed by atoms with E-state index in [0.717, 1.165) is 44.8 Å². The zero-order chi connectivity index (χ0) is 16.3. The van der Waals surface area contributed by atoms with Gasteiger partial charge in [-0.25, -0.2) is 4.98 Å². The largest absolute Gasteiger partial charge is 0.342 e. The SMILES string of the molecule is CCN1C[C@@]2(CCCN(CCCn3ccnc3C)C2)CCC1=O. The lowest BCUT2D eigenvalue weighted by molar-refractivity contribution is -0.139. The predicted molar refractivity (Wildman–Crippen MR) is 91.2 cm³/mol. The van der Waals surface area contributed by atoms with Crippen LogP contribution in [0, 0.1) is 12.3 Å². The van der Waals surface area contributed by atoms with Gasteiger partial charge in [-0.3, -0.25) is 4.79 Å². The first kappa shape index (κ1) is 16.5. The molecule has 1 atom stereocenters. The van der Waals surface area contributed by atoms with Crippen LogP contribution in [0.3, 0.4) is 0 Å². The first-order chi connectivity index (χ1) is 11.1. The van der Waals surface area contributed by atoms with Gasteiger partial charge in [0.25, 0.3) is 0 Å². The van der Waals surface area contributed by atoms with Gasteiger partial charge in [-0.1, -0.05) is 0 Å². The number of aromatic nitrogens is 2. The number of hydrogen-bond donors (Lipinski definition) is 0. The molecule has 2 saturated heterocycles. The summed E-state index contributed by atoms with van der Waals surface area (Å²) in [4.78, 5) is 21.0. The molecule has 1 aromatic heterocycles. The van der Waals surface area contributed by atoms with Gasteiger partial charge in [0.1, 0.15) is 5.82 Å². The van der Waals surface area contributed by atoms with Crippen molar-refractivity contribution in [1.82, 2.24) is 19.4 Å². The van der Waals surface area contributed by atoms with E-state index in [-0.39, 0.29) is 0 Å². The molecular formula is C18H30N4O. The first-order valence-electron chi connectivity index (χ1n) is 9.10. The maximum atomic E-state index is 12.0. The van der Waals surface area contributed by atoms with Gasteiger partial charge in [0.05, 0.1) is 0 Å². The summed E-state index contributed by atoms with van der Waals surface area (Å²) in [6.45, 7) is 10.6. The number of rotatable bonds is 5. The number of carbonyl (C=O) groups is 1. The van der Waals surface area contributed by atoms with Crippen LogP contribution in [0.4, 0.5) is 0 Å². The Hall–Kier alpha value is -1.36. The first-order valence-corrected chi connectivity index (χ1v) is 9.10. The summed E-state index contributed by atoms with van der Waals surface area (Å²) < 4.78 is 2.23. The zero-order valence-corrected chi connectivity index (χ0v) is 14.6. The number of hydrogen-bond acceptors (Lipinski definition) is 3. The highest BCUT2D eigenvalue weighted by molar-refractivity contribution is 5.77. The molecule has 3 heterocycles. The second kappa shape index (κ2) is 7.04. The Bertz CT molecular complexity index is 541. The normalized spacial score (nSPS) is 26.2. The molecule has 2 aliphatic rings. The number of likely N-dealkylation sites (tertiary alicyclic amines) is 2. The van der Waals surface area contributed by atoms with E-state index in [1.807, 2.05) is 6.20 Å². The lowest BCUT2D eigenvalue weighted by atomic mass is 9.73. The molecule has 3 rings (SSSR count). The topological polar surface area (TPSA) is 41.4 Å². The Balaban J connectivity index is 1.52. The van der Waals surface area contributed by atoms with Gasteiger partial charge in [-0.2, -0.15) is 0 Å². The highest BCUT2D eigenvalue weighted by atomic mass is 16.2. The predicted octanol–water partition coefficient (Wildman–Crippen LogP) is 2.31. The van der Waals surface area contributed by atoms with E-state index >= 15 is 0 Å². The number of nitrogens with zero attached hydrogens (tertiary/aromatic N) is 4. The minimum absolute atomic E-state index is 0.353. The molecule has 128 valence electrons. The number of carbonyl (C=O) groups excluding carboxylic acids is 1. The van der Waals surface area contributed by atoms with Crippen LogP contribution < -0.4 is 0 Å². The van der Waals surface area contributed by atoms with E-state index in [0.29, 0.717) is 11.3 Å². The smallest absolute Gasteiger partial charge is 0.222 e. The fourth-order valence-corrected chi connectivity index (χ4v) is 4.33. The lowest BCUT2D eigenvalue weighted by Crippen LogP contribution is -2.54. The lowest BCUT2D eigenvalue weighted by Gasteiger charge is -2.48. The summed E-state index contributed by atoms with van der Waals surface area (Å²) in [6.07, 6.45) is 9.51. The zero-order valence-electron chi connectivity index (χ0n) is 14.6. The van der Waals surface area contributed by atoms with Crippen molar-refractivity contribution < 1.29 is 4.79 Å². The van der Waals surface area contributed by atoms with Crippen LogP contribution in [-0.2, 0) is 11.3 Å². The van der Waals surface area contributed by atoms with E-state index in [1.54, 1.807) is 0 Å². The number of amides is 1. The molecule has 1 spiro atoms. The molecule has 2 fully saturated rings. The Morgan fingerprint density at radius 2 is 2.13 bits per heavy atom. The van der Waals surface area contributed by atoms with Crippen molar-refractivity contribution in [2.45, 2.75) is 52.5 Å². The molecule has 23 heavy (non-hydrogen) atoms. The van der Waals surface area contributed by atoms with E-state index in [4.69, 9.17) is 0 Å². The van der Waals surface area contributed by atoms with Crippen LogP contribution in [0.1, 0.15) is 44.9 Å². The molecule has 0 saturated carbocycles. The van der Waals surface area contributed by atoms with Gasteiger partial charge in [-0.15, -0.1) is 0 Å². The van der Waals surface area contributed by atoms with Gasteiger partial charge in [-0.05, 0) is 52.6 Å². The second-order valence-electron chi connectivity index (χ2n) is 7.31. The van der Waals surface area contributed by atoms with Crippen LogP contribution in [0.2, 0.25) is 0 Å². The third-order valence-corrected chi connectivity index (χ3v) is 5.67. The molecule has 0 radical (unpaired) electrons. The Labute approximate surface area is 139 Å². The Morgan fingerprint density at radius 1 is 1.26 bits per heavy atom. The molecule has 1 aromatic rings. The molecule has 0 aromatic carbocycles. The van der Waals surface area contributed by atoms with Crippen LogP contribution in [0.5, 0.6) is 0 Å². The standard InChI is InChI=1S/C18H30N4O/c1-3-21-15-18(8-6-17(21)23)7-4-10-20(14-18)11-5-12-22-13-9-19-16(22)2/h9,13H,3-8,10-12,14-15H2,1-2H3/t18-/m0/s1. The molecule has 5 heteroatoms. The van der Waals surface area contributed by atoms with Gasteiger partial charge in [0, 0.05) is 50.4 Å². The van der Waals surface area contributed by atoms with Gasteiger partial charge in [0.15, 0.2) is 0 Å². The fourth-order valence-electron chi connectivity index (χ4n) is 4.33. The maximum absolute atomic E-state index is 12.0. The average Bonchev–Trinajstić information content (AvgIpc) is 2.96. The van der Waals surface area contributed by atoms with Gasteiger partial charge in [0.2, 0.25) is 5.91 Å². The van der Waals surface area contributed by atoms with E-state index in [1.165, 1.54) is 32.4 Å². The summed E-state index contributed by atoms with van der Waals surface area (Å²) in [5.41, 5.74) is 0.354. The minimum atomic E-state index is 0.353. The van der Waals surface area contributed by atoms with Crippen molar-refractivity contribution in [3.63, 3.8) is 0 Å². The molecular weight excluding hydrogens is 288 g/mol. The highest BCUT2D eigenvalue weighted by Crippen LogP contribution is 2.38. The monoisotopic (exact) mass is 318 g/mol. The third-order valence-electron chi connectivity index (χ3n) is 5.67. The van der Waals surface area contributed by atoms with Crippen molar-refractivity contribution in [1.29, 1.82) is 0 Å². The van der Waals surface area contributed by atoms with Crippen LogP contribution in [-0.4, -0.2) is 58.0 Å². The highest BCUT2D eigenvalue weighted by Gasteiger charge is 2.40. The molecule has 0 unspecified atom stereocenters. The van der Waals surface area contributed by atoms with Gasteiger partial charge < -0.3 is 14.4 Å². The Morgan fingerprint density at radius 3 is 2.87 bits per heavy atom. The third kappa shape index (κ3) is 3.77. The van der Waals surface area contributed by atoms with Crippen molar-refractivity contribution in [3.05, 3.63) is 18.2 Å². The fraction of sp³-hybridized carbons (Fsp3) is 0.778. The maximum Gasteiger partial charge on any atom is 0.222 e. The van der Waals surface area contributed by atoms with Crippen LogP contribution >= 0.6 is 0 Å². The van der Waals surface area contributed by atoms with E-state index in [2.05, 4.69) is 39.4 Å². The number of aryl methyl sites for hydroxylation is 2. The molecule has 1 amide bonds. The quantitative estimate of drug-likeness (QED) is 0.836. The van der Waals surface area contributed by atoms with Crippen molar-refractivity contribution in [2.24, 2.45) is 5.41 Å². The number of imidazole rings is 1. The minimum Gasteiger partial charge on any atom is -0.342 e. The molecule has 0 N–H and O–H groups in total. The molecule has 2 aliphatic heterocycles.